The van der Waals surface area contributed by atoms with Crippen LogP contribution in [0.3, 0.4) is 0 Å². The van der Waals surface area contributed by atoms with Crippen LogP contribution in [-0.2, 0) is 6.42 Å². The van der Waals surface area contributed by atoms with Gasteiger partial charge in [0, 0.05) is 23.9 Å². The Hall–Kier alpha value is -0.890. The smallest absolute Gasteiger partial charge is 0.0482 e. The molecule has 98 valence electrons. The number of nitrogens with one attached hydrogen (secondary N) is 1. The predicted molar refractivity (Wildman–Crippen MR) is 74.7 cm³/mol. The second-order valence-corrected chi connectivity index (χ2v) is 6.58. The van der Waals surface area contributed by atoms with Gasteiger partial charge in [0.1, 0.15) is 0 Å². The van der Waals surface area contributed by atoms with Crippen molar-refractivity contribution in [3.8, 4) is 0 Å². The molecule has 1 aromatic rings. The van der Waals surface area contributed by atoms with E-state index in [1.165, 1.54) is 30.5 Å². The topological polar surface area (TPSA) is 24.9 Å². The molecule has 2 aliphatic carbocycles. The van der Waals surface area contributed by atoms with E-state index in [0.29, 0.717) is 17.4 Å². The van der Waals surface area contributed by atoms with Crippen molar-refractivity contribution in [3.05, 3.63) is 29.6 Å². The minimum atomic E-state index is 0.532. The normalized spacial score (nSPS) is 29.9. The Morgan fingerprint density at radius 3 is 2.94 bits per heavy atom. The van der Waals surface area contributed by atoms with Gasteiger partial charge in [0.05, 0.1) is 0 Å². The molecule has 0 radical (unpaired) electrons. The van der Waals surface area contributed by atoms with Crippen LogP contribution in [0.2, 0.25) is 0 Å². The number of aromatic nitrogens is 1. The lowest BCUT2D eigenvalue weighted by Gasteiger charge is -2.26. The zero-order chi connectivity index (χ0) is 12.8. The SMILES string of the molecule is CCNC(C1CCc2cccnc21)C1CC1(C)C. The number of hydrogen-bond donors (Lipinski definition) is 1. The molecule has 3 atom stereocenters. The Morgan fingerprint density at radius 2 is 2.28 bits per heavy atom. The van der Waals surface area contributed by atoms with Gasteiger partial charge in [-0.3, -0.25) is 4.98 Å². The second kappa shape index (κ2) is 4.34. The van der Waals surface area contributed by atoms with Gasteiger partial charge in [-0.2, -0.15) is 0 Å². The fourth-order valence-corrected chi connectivity index (χ4v) is 3.72. The third kappa shape index (κ3) is 1.97. The first-order valence-corrected chi connectivity index (χ1v) is 7.30. The molecule has 0 bridgehead atoms. The molecule has 3 rings (SSSR count). The standard InChI is InChI=1S/C16H24N2/c1-4-17-15(13-10-16(13,2)3)12-8-7-11-6-5-9-18-14(11)12/h5-6,9,12-13,15,17H,4,7-8,10H2,1-3H3. The van der Waals surface area contributed by atoms with Gasteiger partial charge in [-0.1, -0.05) is 26.8 Å². The van der Waals surface area contributed by atoms with Crippen LogP contribution in [0, 0.1) is 11.3 Å². The van der Waals surface area contributed by atoms with E-state index in [9.17, 15) is 0 Å². The van der Waals surface area contributed by atoms with Crippen LogP contribution in [0.25, 0.3) is 0 Å². The lowest BCUT2D eigenvalue weighted by atomic mass is 9.89. The molecule has 1 N–H and O–H groups in total. The molecule has 2 aliphatic rings. The van der Waals surface area contributed by atoms with E-state index < -0.39 is 0 Å². The largest absolute Gasteiger partial charge is 0.313 e. The fraction of sp³-hybridized carbons (Fsp3) is 0.688. The Kier molecular flexibility index (Phi) is 2.93. The quantitative estimate of drug-likeness (QED) is 0.880. The highest BCUT2D eigenvalue weighted by Gasteiger charge is 2.52. The van der Waals surface area contributed by atoms with Crippen molar-refractivity contribution in [1.82, 2.24) is 10.3 Å². The number of hydrogen-bond acceptors (Lipinski definition) is 2. The van der Waals surface area contributed by atoms with Crippen LogP contribution in [0.4, 0.5) is 0 Å². The third-order valence-electron chi connectivity index (χ3n) is 4.90. The van der Waals surface area contributed by atoms with Gasteiger partial charge in [0.2, 0.25) is 0 Å². The maximum atomic E-state index is 4.66. The summed E-state index contributed by atoms with van der Waals surface area (Å²) in [6.45, 7) is 8.08. The van der Waals surface area contributed by atoms with E-state index in [0.717, 1.165) is 12.5 Å². The average molecular weight is 244 g/mol. The number of nitrogens with zero attached hydrogens (tertiary/aromatic N) is 1. The Balaban J connectivity index is 1.84. The van der Waals surface area contributed by atoms with Crippen LogP contribution in [-0.4, -0.2) is 17.6 Å². The molecule has 0 aromatic carbocycles. The van der Waals surface area contributed by atoms with Crippen molar-refractivity contribution < 1.29 is 0 Å². The number of aryl methyl sites for hydroxylation is 1. The van der Waals surface area contributed by atoms with Gasteiger partial charge in [-0.25, -0.2) is 0 Å². The molecule has 2 nitrogen and oxygen atoms in total. The molecule has 1 aromatic heterocycles. The van der Waals surface area contributed by atoms with Crippen molar-refractivity contribution in [2.45, 2.75) is 52.0 Å². The molecule has 1 heterocycles. The Labute approximate surface area is 110 Å². The summed E-state index contributed by atoms with van der Waals surface area (Å²) in [5.74, 6) is 1.46. The molecule has 0 spiro atoms. The Morgan fingerprint density at radius 1 is 1.50 bits per heavy atom. The molecule has 3 unspecified atom stereocenters. The lowest BCUT2D eigenvalue weighted by molar-refractivity contribution is 0.351. The lowest BCUT2D eigenvalue weighted by Crippen LogP contribution is -2.37. The summed E-state index contributed by atoms with van der Waals surface area (Å²) < 4.78 is 0. The molecule has 0 saturated heterocycles. The van der Waals surface area contributed by atoms with E-state index in [1.807, 2.05) is 6.20 Å². The summed E-state index contributed by atoms with van der Waals surface area (Å²) in [6, 6.07) is 4.95. The van der Waals surface area contributed by atoms with Crippen molar-refractivity contribution in [1.29, 1.82) is 0 Å². The number of likely N-dealkylation sites (N-methyl/N-ethyl adjacent to an activating group) is 1. The average Bonchev–Trinajstić information content (AvgIpc) is 2.81. The van der Waals surface area contributed by atoms with Gasteiger partial charge >= 0.3 is 0 Å². The van der Waals surface area contributed by atoms with E-state index in [4.69, 9.17) is 0 Å². The van der Waals surface area contributed by atoms with Crippen molar-refractivity contribution in [2.24, 2.45) is 11.3 Å². The highest BCUT2D eigenvalue weighted by atomic mass is 15.0. The number of fused-ring (bicyclic) bond motifs is 1. The summed E-state index contributed by atoms with van der Waals surface area (Å²) in [5.41, 5.74) is 3.37. The highest BCUT2D eigenvalue weighted by molar-refractivity contribution is 5.31. The van der Waals surface area contributed by atoms with Crippen LogP contribution in [0.15, 0.2) is 18.3 Å². The van der Waals surface area contributed by atoms with Gasteiger partial charge in [-0.15, -0.1) is 0 Å². The van der Waals surface area contributed by atoms with Crippen molar-refractivity contribution in [2.75, 3.05) is 6.54 Å². The van der Waals surface area contributed by atoms with Crippen LogP contribution in [0.5, 0.6) is 0 Å². The second-order valence-electron chi connectivity index (χ2n) is 6.58. The molecular formula is C16H24N2. The van der Waals surface area contributed by atoms with Crippen molar-refractivity contribution in [3.63, 3.8) is 0 Å². The van der Waals surface area contributed by atoms with E-state index >= 15 is 0 Å². The number of pyridine rings is 1. The van der Waals surface area contributed by atoms with Crippen molar-refractivity contribution >= 4 is 0 Å². The van der Waals surface area contributed by atoms with E-state index in [2.05, 4.69) is 43.2 Å². The zero-order valence-electron chi connectivity index (χ0n) is 11.7. The molecular weight excluding hydrogens is 220 g/mol. The molecule has 1 fully saturated rings. The molecule has 0 aliphatic heterocycles. The monoisotopic (exact) mass is 244 g/mol. The minimum Gasteiger partial charge on any atom is -0.313 e. The Bertz CT molecular complexity index is 438. The number of rotatable bonds is 4. The first kappa shape index (κ1) is 12.2. The maximum absolute atomic E-state index is 4.66. The van der Waals surface area contributed by atoms with Gasteiger partial charge < -0.3 is 5.32 Å². The maximum Gasteiger partial charge on any atom is 0.0482 e. The zero-order valence-corrected chi connectivity index (χ0v) is 11.7. The van der Waals surface area contributed by atoms with Crippen LogP contribution in [0.1, 0.15) is 50.8 Å². The third-order valence-corrected chi connectivity index (χ3v) is 4.90. The van der Waals surface area contributed by atoms with Gasteiger partial charge in [0.25, 0.3) is 0 Å². The summed E-state index contributed by atoms with van der Waals surface area (Å²) >= 11 is 0. The fourth-order valence-electron chi connectivity index (χ4n) is 3.72. The molecule has 2 heteroatoms. The van der Waals surface area contributed by atoms with Gasteiger partial charge in [-0.05, 0) is 48.8 Å². The molecule has 0 amide bonds. The van der Waals surface area contributed by atoms with E-state index in [1.54, 1.807) is 0 Å². The van der Waals surface area contributed by atoms with Crippen LogP contribution >= 0.6 is 0 Å². The summed E-state index contributed by atoms with van der Waals surface area (Å²) in [5, 5.41) is 3.74. The van der Waals surface area contributed by atoms with Gasteiger partial charge in [0.15, 0.2) is 0 Å². The minimum absolute atomic E-state index is 0.532. The molecule has 18 heavy (non-hydrogen) atoms. The molecule has 1 saturated carbocycles. The summed E-state index contributed by atoms with van der Waals surface area (Å²) in [4.78, 5) is 4.66. The van der Waals surface area contributed by atoms with E-state index in [-0.39, 0.29) is 0 Å². The first-order chi connectivity index (χ1) is 8.63. The highest BCUT2D eigenvalue weighted by Crippen LogP contribution is 2.57. The summed E-state index contributed by atoms with van der Waals surface area (Å²) in [7, 11) is 0. The predicted octanol–water partition coefficient (Wildman–Crippen LogP) is 3.14. The van der Waals surface area contributed by atoms with Crippen LogP contribution < -0.4 is 5.32 Å². The summed E-state index contributed by atoms with van der Waals surface area (Å²) in [6.07, 6.45) is 5.81. The first-order valence-electron chi connectivity index (χ1n) is 7.30.